The minimum atomic E-state index is -4.73. The highest BCUT2D eigenvalue weighted by Gasteiger charge is 2.42. The van der Waals surface area contributed by atoms with Crippen LogP contribution in [-0.2, 0) is 21.3 Å². The second-order valence-electron chi connectivity index (χ2n) is 9.79. The monoisotopic (exact) mass is 540 g/mol. The van der Waals surface area contributed by atoms with E-state index in [2.05, 4.69) is 0 Å². The third kappa shape index (κ3) is 4.87. The summed E-state index contributed by atoms with van der Waals surface area (Å²) in [6, 6.07) is 33.0. The Bertz CT molecular complexity index is 1430. The first-order chi connectivity index (χ1) is 19.3. The molecule has 0 saturated carbocycles. The van der Waals surface area contributed by atoms with Crippen molar-refractivity contribution >= 4 is 11.6 Å². The van der Waals surface area contributed by atoms with Crippen LogP contribution in [0, 0.1) is 18.3 Å². The van der Waals surface area contributed by atoms with Crippen molar-refractivity contribution in [1.29, 1.82) is 5.26 Å². The Balaban J connectivity index is 1.59. The maximum absolute atomic E-state index is 13.9. The van der Waals surface area contributed by atoms with Crippen LogP contribution in [0.5, 0.6) is 0 Å². The second kappa shape index (κ2) is 11.0. The minimum absolute atomic E-state index is 0.0746. The highest BCUT2D eigenvalue weighted by atomic mass is 19.4. The SMILES string of the molecule is Cc1c(N2C(=O)CC[C@@H]2COC(c2ccccc2)(c2ccccc2)c2ccccc2)ccc(C#N)c1C(F)(F)F. The highest BCUT2D eigenvalue weighted by molar-refractivity contribution is 5.97. The number of anilines is 1. The van der Waals surface area contributed by atoms with Gasteiger partial charge in [0.05, 0.1) is 29.8 Å². The number of rotatable bonds is 7. The fourth-order valence-electron chi connectivity index (χ4n) is 5.64. The van der Waals surface area contributed by atoms with Crippen molar-refractivity contribution in [3.05, 3.63) is 137 Å². The van der Waals surface area contributed by atoms with Gasteiger partial charge < -0.3 is 9.64 Å². The number of nitrogens with zero attached hydrogens (tertiary/aromatic N) is 2. The van der Waals surface area contributed by atoms with Crippen LogP contribution in [0.4, 0.5) is 18.9 Å². The van der Waals surface area contributed by atoms with Crippen LogP contribution in [0.1, 0.15) is 46.2 Å². The third-order valence-corrected chi connectivity index (χ3v) is 7.46. The molecule has 0 aromatic heterocycles. The summed E-state index contributed by atoms with van der Waals surface area (Å²) in [6.07, 6.45) is -4.12. The first-order valence-corrected chi connectivity index (χ1v) is 13.0. The van der Waals surface area contributed by atoms with E-state index in [9.17, 15) is 23.2 Å². The molecule has 40 heavy (non-hydrogen) atoms. The molecule has 1 fully saturated rings. The number of hydrogen-bond acceptors (Lipinski definition) is 3. The fraction of sp³-hybridized carbons (Fsp3) is 0.212. The standard InChI is InChI=1S/C33H27F3N2O2/c1-23-29(19-17-24(21-37)31(23)33(34,35)36)38-28(18-20-30(38)39)22-40-32(25-11-5-2-6-12-25,26-13-7-3-8-14-26)27-15-9-4-10-16-27/h2-17,19,28H,18,20,22H2,1H3/t28-/m1/s1. The lowest BCUT2D eigenvalue weighted by atomic mass is 9.80. The Morgan fingerprint density at radius 3 is 1.80 bits per heavy atom. The van der Waals surface area contributed by atoms with Crippen molar-refractivity contribution in [2.45, 2.75) is 37.6 Å². The number of carbonyl (C=O) groups is 1. The summed E-state index contributed by atoms with van der Waals surface area (Å²) in [7, 11) is 0. The van der Waals surface area contributed by atoms with E-state index in [-0.39, 0.29) is 30.2 Å². The van der Waals surface area contributed by atoms with Crippen LogP contribution in [0.2, 0.25) is 0 Å². The zero-order valence-electron chi connectivity index (χ0n) is 21.9. The molecule has 1 heterocycles. The Hall–Kier alpha value is -4.41. The van der Waals surface area contributed by atoms with Gasteiger partial charge in [-0.15, -0.1) is 0 Å². The molecular formula is C33H27F3N2O2. The first-order valence-electron chi connectivity index (χ1n) is 13.0. The molecule has 1 aliphatic heterocycles. The van der Waals surface area contributed by atoms with Gasteiger partial charge in [-0.05, 0) is 47.7 Å². The largest absolute Gasteiger partial charge is 0.418 e. The van der Waals surface area contributed by atoms with Crippen molar-refractivity contribution < 1.29 is 22.7 Å². The van der Waals surface area contributed by atoms with Gasteiger partial charge in [0.15, 0.2) is 0 Å². The maximum atomic E-state index is 13.9. The molecule has 0 unspecified atom stereocenters. The molecular weight excluding hydrogens is 513 g/mol. The van der Waals surface area contributed by atoms with Gasteiger partial charge in [-0.1, -0.05) is 91.0 Å². The minimum Gasteiger partial charge on any atom is -0.359 e. The van der Waals surface area contributed by atoms with E-state index in [1.807, 2.05) is 91.0 Å². The van der Waals surface area contributed by atoms with Crippen molar-refractivity contribution in [2.75, 3.05) is 11.5 Å². The molecule has 4 aromatic carbocycles. The van der Waals surface area contributed by atoms with Crippen LogP contribution in [0.15, 0.2) is 103 Å². The summed E-state index contributed by atoms with van der Waals surface area (Å²) in [5, 5.41) is 9.31. The lowest BCUT2D eigenvalue weighted by Gasteiger charge is -2.38. The van der Waals surface area contributed by atoms with E-state index < -0.39 is 28.9 Å². The van der Waals surface area contributed by atoms with Crippen LogP contribution in [-0.4, -0.2) is 18.6 Å². The summed E-state index contributed by atoms with van der Waals surface area (Å²) < 4.78 is 48.7. The van der Waals surface area contributed by atoms with Crippen molar-refractivity contribution in [3.8, 4) is 6.07 Å². The van der Waals surface area contributed by atoms with Gasteiger partial charge in [-0.2, -0.15) is 18.4 Å². The zero-order chi connectivity index (χ0) is 28.3. The molecule has 1 saturated heterocycles. The fourth-order valence-corrected chi connectivity index (χ4v) is 5.64. The number of benzene rings is 4. The van der Waals surface area contributed by atoms with E-state index in [0.29, 0.717) is 6.42 Å². The Morgan fingerprint density at radius 1 is 0.850 bits per heavy atom. The highest BCUT2D eigenvalue weighted by Crippen LogP contribution is 2.43. The number of alkyl halides is 3. The van der Waals surface area contributed by atoms with Gasteiger partial charge in [0.1, 0.15) is 5.60 Å². The number of hydrogen-bond donors (Lipinski definition) is 0. The lowest BCUT2D eigenvalue weighted by Crippen LogP contribution is -2.41. The van der Waals surface area contributed by atoms with E-state index in [4.69, 9.17) is 4.74 Å². The van der Waals surface area contributed by atoms with Gasteiger partial charge >= 0.3 is 6.18 Å². The molecule has 1 atom stereocenters. The van der Waals surface area contributed by atoms with E-state index in [1.54, 1.807) is 6.07 Å². The molecule has 0 aliphatic carbocycles. The van der Waals surface area contributed by atoms with Gasteiger partial charge in [-0.25, -0.2) is 0 Å². The smallest absolute Gasteiger partial charge is 0.359 e. The second-order valence-corrected chi connectivity index (χ2v) is 9.79. The summed E-state index contributed by atoms with van der Waals surface area (Å²) >= 11 is 0. The Labute approximate surface area is 231 Å². The molecule has 202 valence electrons. The molecule has 5 rings (SSSR count). The quantitative estimate of drug-likeness (QED) is 0.230. The van der Waals surface area contributed by atoms with Crippen LogP contribution >= 0.6 is 0 Å². The first kappa shape index (κ1) is 27.2. The van der Waals surface area contributed by atoms with Gasteiger partial charge in [-0.3, -0.25) is 4.79 Å². The molecule has 0 bridgehead atoms. The number of carbonyl (C=O) groups excluding carboxylic acids is 1. The van der Waals surface area contributed by atoms with Gasteiger partial charge in [0, 0.05) is 12.1 Å². The molecule has 0 spiro atoms. The predicted molar refractivity (Wildman–Crippen MR) is 147 cm³/mol. The zero-order valence-corrected chi connectivity index (χ0v) is 21.9. The Kier molecular flexibility index (Phi) is 7.46. The van der Waals surface area contributed by atoms with Crippen LogP contribution in [0.3, 0.4) is 0 Å². The van der Waals surface area contributed by atoms with E-state index >= 15 is 0 Å². The van der Waals surface area contributed by atoms with Crippen LogP contribution in [0.25, 0.3) is 0 Å². The average Bonchev–Trinajstić information content (AvgIpc) is 3.34. The summed E-state index contributed by atoms with van der Waals surface area (Å²) in [4.78, 5) is 14.5. The van der Waals surface area contributed by atoms with Gasteiger partial charge in [0.2, 0.25) is 5.91 Å². The number of halogens is 3. The van der Waals surface area contributed by atoms with E-state index in [1.165, 1.54) is 17.9 Å². The molecule has 0 N–H and O–H groups in total. The molecule has 1 aliphatic rings. The van der Waals surface area contributed by atoms with E-state index in [0.717, 1.165) is 22.8 Å². The number of amides is 1. The molecule has 4 nitrogen and oxygen atoms in total. The number of ether oxygens (including phenoxy) is 1. The van der Waals surface area contributed by atoms with Crippen molar-refractivity contribution in [3.63, 3.8) is 0 Å². The normalized spacial score (nSPS) is 15.7. The predicted octanol–water partition coefficient (Wildman–Crippen LogP) is 7.39. The Morgan fingerprint density at radius 2 is 1.35 bits per heavy atom. The molecule has 4 aromatic rings. The summed E-state index contributed by atoms with van der Waals surface area (Å²) in [5.41, 5.74) is 0.146. The molecule has 7 heteroatoms. The van der Waals surface area contributed by atoms with Crippen molar-refractivity contribution in [2.24, 2.45) is 0 Å². The third-order valence-electron chi connectivity index (χ3n) is 7.46. The molecule has 0 radical (unpaired) electrons. The van der Waals surface area contributed by atoms with Crippen LogP contribution < -0.4 is 4.90 Å². The van der Waals surface area contributed by atoms with Crippen molar-refractivity contribution in [1.82, 2.24) is 0 Å². The molecule has 1 amide bonds. The summed E-state index contributed by atoms with van der Waals surface area (Å²) in [6.45, 7) is 1.38. The number of nitriles is 1. The van der Waals surface area contributed by atoms with Gasteiger partial charge in [0.25, 0.3) is 0 Å². The topological polar surface area (TPSA) is 53.3 Å². The average molecular weight is 541 g/mol. The lowest BCUT2D eigenvalue weighted by molar-refractivity contribution is -0.138. The maximum Gasteiger partial charge on any atom is 0.418 e. The summed E-state index contributed by atoms with van der Waals surface area (Å²) in [5.74, 6) is -0.278.